The number of amides is 1. The molecule has 6 heteroatoms. The molecule has 0 unspecified atom stereocenters. The molecule has 0 aliphatic rings. The summed E-state index contributed by atoms with van der Waals surface area (Å²) < 4.78 is 6.45. The van der Waals surface area contributed by atoms with Crippen LogP contribution in [0.1, 0.15) is 36.5 Å². The molecule has 0 bridgehead atoms. The predicted molar refractivity (Wildman–Crippen MR) is 114 cm³/mol. The van der Waals surface area contributed by atoms with E-state index in [-0.39, 0.29) is 17.6 Å². The molecule has 0 atom stereocenters. The Labute approximate surface area is 168 Å². The minimum Gasteiger partial charge on any atom is -0.484 e. The van der Waals surface area contributed by atoms with E-state index in [2.05, 4.69) is 40.4 Å². The summed E-state index contributed by atoms with van der Waals surface area (Å²) >= 11 is 8.65. The largest absolute Gasteiger partial charge is 0.484 e. The first-order valence-corrected chi connectivity index (χ1v) is 9.56. The van der Waals surface area contributed by atoms with Gasteiger partial charge in [-0.3, -0.25) is 10.1 Å². The maximum atomic E-state index is 12.0. The summed E-state index contributed by atoms with van der Waals surface area (Å²) in [7, 11) is 0. The number of hydrogen-bond donors (Lipinski definition) is 2. The zero-order valence-electron chi connectivity index (χ0n) is 15.4. The number of anilines is 1. The van der Waals surface area contributed by atoms with Gasteiger partial charge in [0.15, 0.2) is 11.7 Å². The molecule has 0 spiro atoms. The third-order valence-corrected chi connectivity index (χ3v) is 4.72. The van der Waals surface area contributed by atoms with Crippen LogP contribution in [0.5, 0.6) is 5.75 Å². The molecule has 2 rings (SSSR count). The van der Waals surface area contributed by atoms with Gasteiger partial charge in [0.05, 0.1) is 5.69 Å². The fourth-order valence-corrected chi connectivity index (χ4v) is 3.39. The maximum absolute atomic E-state index is 12.0. The second-order valence-electron chi connectivity index (χ2n) is 6.45. The summed E-state index contributed by atoms with van der Waals surface area (Å²) in [6.45, 7) is 8.24. The van der Waals surface area contributed by atoms with Crippen LogP contribution in [0.4, 0.5) is 5.69 Å². The summed E-state index contributed by atoms with van der Waals surface area (Å²) in [5.41, 5.74) is 4.35. The van der Waals surface area contributed by atoms with Crippen molar-refractivity contribution in [1.29, 1.82) is 0 Å². The van der Waals surface area contributed by atoms with Crippen molar-refractivity contribution >= 4 is 44.9 Å². The lowest BCUT2D eigenvalue weighted by Crippen LogP contribution is -2.37. The van der Waals surface area contributed by atoms with E-state index in [1.807, 2.05) is 50.2 Å². The van der Waals surface area contributed by atoms with Crippen molar-refractivity contribution in [1.82, 2.24) is 5.32 Å². The number of ether oxygens (including phenoxy) is 1. The van der Waals surface area contributed by atoms with Crippen LogP contribution in [0.3, 0.4) is 0 Å². The molecule has 4 nitrogen and oxygen atoms in total. The highest BCUT2D eigenvalue weighted by molar-refractivity contribution is 9.10. The number of nitrogens with one attached hydrogen (secondary N) is 2. The minimum atomic E-state index is -0.309. The normalized spacial score (nSPS) is 10.5. The van der Waals surface area contributed by atoms with Crippen LogP contribution in [0.25, 0.3) is 0 Å². The van der Waals surface area contributed by atoms with Gasteiger partial charge in [0.2, 0.25) is 0 Å². The van der Waals surface area contributed by atoms with Crippen molar-refractivity contribution < 1.29 is 9.53 Å². The summed E-state index contributed by atoms with van der Waals surface area (Å²) in [5, 5.41) is 5.84. The van der Waals surface area contributed by atoms with Gasteiger partial charge in [0.25, 0.3) is 5.91 Å². The van der Waals surface area contributed by atoms with Gasteiger partial charge in [0.1, 0.15) is 5.75 Å². The number of carbonyl (C=O) groups excluding carboxylic acids is 1. The molecule has 26 heavy (non-hydrogen) atoms. The molecule has 0 aromatic heterocycles. The van der Waals surface area contributed by atoms with E-state index in [1.54, 1.807) is 0 Å². The average Bonchev–Trinajstić information content (AvgIpc) is 2.55. The topological polar surface area (TPSA) is 50.4 Å². The van der Waals surface area contributed by atoms with E-state index < -0.39 is 0 Å². The van der Waals surface area contributed by atoms with Gasteiger partial charge >= 0.3 is 0 Å². The van der Waals surface area contributed by atoms with Crippen molar-refractivity contribution in [2.45, 2.75) is 33.6 Å². The minimum absolute atomic E-state index is 0.0998. The zero-order chi connectivity index (χ0) is 19.3. The Morgan fingerprint density at radius 2 is 1.92 bits per heavy atom. The first-order chi connectivity index (χ1) is 12.3. The summed E-state index contributed by atoms with van der Waals surface area (Å²) in [6, 6.07) is 11.7. The van der Waals surface area contributed by atoms with Crippen LogP contribution >= 0.6 is 28.1 Å². The molecule has 0 aliphatic carbocycles. The molecule has 2 aromatic carbocycles. The first-order valence-electron chi connectivity index (χ1n) is 8.36. The highest BCUT2D eigenvalue weighted by Gasteiger charge is 2.09. The molecule has 0 heterocycles. The van der Waals surface area contributed by atoms with Crippen molar-refractivity contribution in [3.63, 3.8) is 0 Å². The summed E-state index contributed by atoms with van der Waals surface area (Å²) in [6.07, 6.45) is 0. The van der Waals surface area contributed by atoms with Gasteiger partial charge < -0.3 is 10.1 Å². The fraction of sp³-hybridized carbons (Fsp3) is 0.300. The van der Waals surface area contributed by atoms with Gasteiger partial charge in [0, 0.05) is 4.47 Å². The molecule has 0 radical (unpaired) electrons. The molecular formula is C20H23BrN2O2S. The third-order valence-electron chi connectivity index (χ3n) is 3.86. The van der Waals surface area contributed by atoms with Crippen molar-refractivity contribution in [3.8, 4) is 5.75 Å². The third kappa shape index (κ3) is 5.81. The summed E-state index contributed by atoms with van der Waals surface area (Å²) in [5.74, 6) is 0.815. The zero-order valence-corrected chi connectivity index (χ0v) is 17.8. The van der Waals surface area contributed by atoms with E-state index in [0.717, 1.165) is 21.3 Å². The number of aryl methyl sites for hydroxylation is 2. The SMILES string of the molecule is Cc1ccc(NC(=S)NC(=O)COc2ccc(C(C)C)c(C)c2)c(Br)c1. The van der Waals surface area contributed by atoms with Crippen LogP contribution in [-0.2, 0) is 4.79 Å². The fourth-order valence-electron chi connectivity index (χ4n) is 2.57. The number of benzene rings is 2. The van der Waals surface area contributed by atoms with Gasteiger partial charge in [-0.15, -0.1) is 0 Å². The molecule has 1 amide bonds. The van der Waals surface area contributed by atoms with E-state index in [9.17, 15) is 4.79 Å². The lowest BCUT2D eigenvalue weighted by Gasteiger charge is -2.13. The van der Waals surface area contributed by atoms with Crippen LogP contribution in [0.2, 0.25) is 0 Å². The number of thiocarbonyl (C=S) groups is 1. The monoisotopic (exact) mass is 434 g/mol. The van der Waals surface area contributed by atoms with Gasteiger partial charge in [-0.25, -0.2) is 0 Å². The molecule has 0 saturated carbocycles. The molecule has 0 aliphatic heterocycles. The molecule has 0 saturated heterocycles. The quantitative estimate of drug-likeness (QED) is 0.643. The van der Waals surface area contributed by atoms with E-state index in [1.165, 1.54) is 5.56 Å². The Morgan fingerprint density at radius 3 is 2.54 bits per heavy atom. The van der Waals surface area contributed by atoms with Crippen LogP contribution < -0.4 is 15.4 Å². The smallest absolute Gasteiger partial charge is 0.264 e. The van der Waals surface area contributed by atoms with Gasteiger partial charge in [-0.2, -0.15) is 0 Å². The van der Waals surface area contributed by atoms with Crippen molar-refractivity contribution in [2.24, 2.45) is 0 Å². The molecule has 138 valence electrons. The molecule has 0 fully saturated rings. The highest BCUT2D eigenvalue weighted by atomic mass is 79.9. The standard InChI is InChI=1S/C20H23BrN2O2S/c1-12(2)16-7-6-15(10-14(16)4)25-11-19(24)23-20(26)22-18-8-5-13(3)9-17(18)21/h5-10,12H,11H2,1-4H3,(H2,22,23,24,26). The number of hydrogen-bond acceptors (Lipinski definition) is 3. The van der Waals surface area contributed by atoms with E-state index in [0.29, 0.717) is 11.7 Å². The van der Waals surface area contributed by atoms with Crippen LogP contribution in [0, 0.1) is 13.8 Å². The Balaban J connectivity index is 1.86. The Morgan fingerprint density at radius 1 is 1.19 bits per heavy atom. The number of halogens is 1. The lowest BCUT2D eigenvalue weighted by molar-refractivity contribution is -0.121. The van der Waals surface area contributed by atoms with E-state index >= 15 is 0 Å². The second kappa shape index (κ2) is 9.14. The summed E-state index contributed by atoms with van der Waals surface area (Å²) in [4.78, 5) is 12.0. The average molecular weight is 435 g/mol. The van der Waals surface area contributed by atoms with Crippen LogP contribution in [-0.4, -0.2) is 17.6 Å². The number of rotatable bonds is 5. The lowest BCUT2D eigenvalue weighted by atomic mass is 9.98. The second-order valence-corrected chi connectivity index (χ2v) is 7.71. The Bertz CT molecular complexity index is 821. The Kier molecular flexibility index (Phi) is 7.17. The molecular weight excluding hydrogens is 412 g/mol. The van der Waals surface area contributed by atoms with Gasteiger partial charge in [-0.1, -0.05) is 26.0 Å². The highest BCUT2D eigenvalue weighted by Crippen LogP contribution is 2.24. The number of carbonyl (C=O) groups is 1. The maximum Gasteiger partial charge on any atom is 0.264 e. The van der Waals surface area contributed by atoms with Gasteiger partial charge in [-0.05, 0) is 88.9 Å². The Hall–Kier alpha value is -1.92. The van der Waals surface area contributed by atoms with Crippen molar-refractivity contribution in [3.05, 3.63) is 57.6 Å². The van der Waals surface area contributed by atoms with E-state index in [4.69, 9.17) is 17.0 Å². The first kappa shape index (κ1) is 20.4. The molecule has 2 aromatic rings. The predicted octanol–water partition coefficient (Wildman–Crippen LogP) is 5.08. The molecule has 2 N–H and O–H groups in total. The van der Waals surface area contributed by atoms with Crippen LogP contribution in [0.15, 0.2) is 40.9 Å². The van der Waals surface area contributed by atoms with Crippen molar-refractivity contribution in [2.75, 3.05) is 11.9 Å².